The maximum atomic E-state index is 16.8. The Morgan fingerprint density at radius 2 is 0.207 bits per heavy atom. The molecular weight excluding hydrogens is 1320 g/mol. The van der Waals surface area contributed by atoms with Gasteiger partial charge in [0.2, 0.25) is 11.6 Å². The maximum absolute atomic E-state index is 16.8. The predicted octanol–water partition coefficient (Wildman–Crippen LogP) is 19.3. The van der Waals surface area contributed by atoms with Gasteiger partial charge < -0.3 is 0 Å². The Balaban J connectivity index is 1.75. The van der Waals surface area contributed by atoms with Gasteiger partial charge in [0.05, 0.1) is 0 Å². The van der Waals surface area contributed by atoms with Crippen LogP contribution in [-0.4, -0.2) is 0 Å². The van der Waals surface area contributed by atoms with Crippen molar-refractivity contribution in [2.75, 3.05) is 14.7 Å². The number of hydrogen-bond donors (Lipinski definition) is 0. The maximum Gasteiger partial charge on any atom is 0.422 e. The molecule has 87 heavy (non-hydrogen) atoms. The van der Waals surface area contributed by atoms with E-state index < -0.39 is 276 Å². The largest absolute Gasteiger partial charge is 0.422 e. The minimum atomic E-state index is -6.93. The summed E-state index contributed by atoms with van der Waals surface area (Å²) in [6, 6.07) is 0. The van der Waals surface area contributed by atoms with Gasteiger partial charge in [0.25, 0.3) is 0 Å². The summed E-state index contributed by atoms with van der Waals surface area (Å²) in [5, 5.41) is 0. The topological polar surface area (TPSA) is 9.72 Å². The molecule has 0 aliphatic carbocycles. The van der Waals surface area contributed by atoms with Crippen molar-refractivity contribution < 1.29 is 171 Å². The molecule has 0 unspecified atom stereocenters. The molecule has 0 atom stereocenters. The molecule has 0 fully saturated rings. The smallest absolute Gasteiger partial charge is 0.294 e. The van der Waals surface area contributed by atoms with Crippen LogP contribution in [0.5, 0.6) is 0 Å². The van der Waals surface area contributed by atoms with Gasteiger partial charge >= 0.3 is 18.5 Å². The van der Waals surface area contributed by atoms with Crippen LogP contribution in [0.15, 0.2) is 0 Å². The number of halogens is 39. The summed E-state index contributed by atoms with van der Waals surface area (Å²) >= 11 is 0. The van der Waals surface area contributed by atoms with Gasteiger partial charge in [-0.25, -0.2) is 132 Å². The van der Waals surface area contributed by atoms with Crippen LogP contribution in [0.3, 0.4) is 0 Å². The van der Waals surface area contributed by atoms with Crippen LogP contribution in [-0.2, 0) is 18.5 Å². The standard InChI is InChI=1S/C45F39N3/c46-4-1(43(76,77)78)5(47)17(59)34(16(4)58)85(37-22(64)12(54)10(52)13(55)23(37)65)39-26(68)30(72)41(31(73)27(39)69)87(36-20(62)8(50)3(45(82,83)84)9(51)21(36)63)42-32(74)28(70)40(29(71)33(42)75)86(38-24(66)14(56)11(53)15(57)25(38)67)35-18(60)6(48)2(44(79,80)81)7(49)19(35)61. The molecule has 0 N–H and O–H groups in total. The lowest BCUT2D eigenvalue weighted by atomic mass is 10.0. The first kappa shape index (κ1) is 65.7. The lowest BCUT2D eigenvalue weighted by Gasteiger charge is -2.33. The van der Waals surface area contributed by atoms with Crippen molar-refractivity contribution in [3.05, 3.63) is 191 Å². The average Bonchev–Trinajstić information content (AvgIpc) is 0.828. The first-order chi connectivity index (χ1) is 39.7. The van der Waals surface area contributed by atoms with Crippen molar-refractivity contribution >= 4 is 51.2 Å². The predicted molar refractivity (Wildman–Crippen MR) is 204 cm³/mol. The van der Waals surface area contributed by atoms with Gasteiger partial charge in [-0.15, -0.1) is 0 Å². The molecule has 0 aliphatic heterocycles. The summed E-state index contributed by atoms with van der Waals surface area (Å²) in [7, 11) is 0. The molecule has 42 heteroatoms. The van der Waals surface area contributed by atoms with E-state index in [2.05, 4.69) is 0 Å². The van der Waals surface area contributed by atoms with Gasteiger partial charge in [0.15, 0.2) is 163 Å². The third kappa shape index (κ3) is 9.61. The van der Waals surface area contributed by atoms with E-state index in [4.69, 9.17) is 0 Å². The fourth-order valence-electron chi connectivity index (χ4n) is 7.78. The van der Waals surface area contributed by atoms with Crippen molar-refractivity contribution in [1.82, 2.24) is 0 Å². The van der Waals surface area contributed by atoms with Gasteiger partial charge in [0.1, 0.15) is 67.9 Å². The highest BCUT2D eigenvalue weighted by Gasteiger charge is 2.51. The van der Waals surface area contributed by atoms with E-state index in [1.165, 1.54) is 0 Å². The number of rotatable bonds is 9. The summed E-state index contributed by atoms with van der Waals surface area (Å²) in [4.78, 5) is -7.60. The van der Waals surface area contributed by atoms with E-state index in [0.29, 0.717) is 0 Å². The first-order valence-electron chi connectivity index (χ1n) is 20.6. The third-order valence-electron chi connectivity index (χ3n) is 11.4. The van der Waals surface area contributed by atoms with Crippen LogP contribution in [0.1, 0.15) is 16.7 Å². The first-order valence-corrected chi connectivity index (χ1v) is 20.6. The van der Waals surface area contributed by atoms with Crippen molar-refractivity contribution in [3.63, 3.8) is 0 Å². The van der Waals surface area contributed by atoms with Crippen LogP contribution in [0, 0.1) is 175 Å². The minimum absolute atomic E-state index is 2.45. The summed E-state index contributed by atoms with van der Waals surface area (Å²) in [6.07, 6.45) is -20.5. The van der Waals surface area contributed by atoms with E-state index >= 15 is 87.8 Å². The Bertz CT molecular complexity index is 3720. The molecule has 7 aromatic rings. The fourth-order valence-corrected chi connectivity index (χ4v) is 7.78. The lowest BCUT2D eigenvalue weighted by molar-refractivity contribution is -0.144. The summed E-state index contributed by atoms with van der Waals surface area (Å²) in [5.41, 5.74) is -47.5. The molecule has 3 nitrogen and oxygen atoms in total. The van der Waals surface area contributed by atoms with E-state index in [1.807, 2.05) is 0 Å². The number of nitrogens with zero attached hydrogens (tertiary/aromatic N) is 3. The Hall–Kier alpha value is -8.79. The molecule has 0 aliphatic rings. The highest BCUT2D eigenvalue weighted by Crippen LogP contribution is 2.56. The Labute approximate surface area is 447 Å². The van der Waals surface area contributed by atoms with Crippen molar-refractivity contribution in [2.24, 2.45) is 0 Å². The Kier molecular flexibility index (Phi) is 16.3. The number of anilines is 9. The zero-order chi connectivity index (χ0) is 66.5. The fraction of sp³-hybridized carbons (Fsp3) is 0.0667. The highest BCUT2D eigenvalue weighted by molar-refractivity contribution is 5.87. The second-order valence-electron chi connectivity index (χ2n) is 16.2. The van der Waals surface area contributed by atoms with E-state index in [1.54, 1.807) is 0 Å². The number of hydrogen-bond acceptors (Lipinski definition) is 3. The van der Waals surface area contributed by atoms with Crippen molar-refractivity contribution in [1.29, 1.82) is 0 Å². The van der Waals surface area contributed by atoms with Crippen molar-refractivity contribution in [3.8, 4) is 0 Å². The van der Waals surface area contributed by atoms with E-state index in [0.717, 1.165) is 0 Å². The number of benzene rings is 7. The van der Waals surface area contributed by atoms with Gasteiger partial charge in [-0.3, -0.25) is 14.7 Å². The van der Waals surface area contributed by atoms with E-state index in [-0.39, 0.29) is 0 Å². The minimum Gasteiger partial charge on any atom is -0.294 e. The molecule has 468 valence electrons. The molecule has 0 spiro atoms. The Morgan fingerprint density at radius 1 is 0.126 bits per heavy atom. The molecule has 0 heterocycles. The molecule has 0 aromatic heterocycles. The molecule has 0 radical (unpaired) electrons. The average molecular weight is 1320 g/mol. The van der Waals surface area contributed by atoms with Crippen LogP contribution >= 0.6 is 0 Å². The molecule has 0 saturated heterocycles. The highest BCUT2D eigenvalue weighted by atomic mass is 19.4. The van der Waals surface area contributed by atoms with Gasteiger partial charge in [-0.1, -0.05) is 0 Å². The molecule has 0 bridgehead atoms. The molecule has 0 amide bonds. The van der Waals surface area contributed by atoms with E-state index in [9.17, 15) is 83.4 Å². The van der Waals surface area contributed by atoms with Crippen LogP contribution in [0.2, 0.25) is 0 Å². The summed E-state index contributed by atoms with van der Waals surface area (Å²) in [5.74, 6) is -123. The molecule has 0 saturated carbocycles. The van der Waals surface area contributed by atoms with Crippen LogP contribution < -0.4 is 14.7 Å². The second kappa shape index (κ2) is 21.6. The van der Waals surface area contributed by atoms with Crippen LogP contribution in [0.25, 0.3) is 0 Å². The quantitative estimate of drug-likeness (QED) is 0.0810. The lowest BCUT2D eigenvalue weighted by Crippen LogP contribution is -2.28. The monoisotopic (exact) mass is 1320 g/mol. The van der Waals surface area contributed by atoms with Gasteiger partial charge in [-0.2, -0.15) is 39.5 Å². The normalized spacial score (nSPS) is 12.3. The van der Waals surface area contributed by atoms with Gasteiger partial charge in [0, 0.05) is 0 Å². The molecule has 7 aromatic carbocycles. The summed E-state index contributed by atoms with van der Waals surface area (Å²) in [6.45, 7) is 0. The Morgan fingerprint density at radius 3 is 0.310 bits per heavy atom. The molecular formula is C45F39N3. The van der Waals surface area contributed by atoms with Crippen molar-refractivity contribution in [2.45, 2.75) is 18.5 Å². The van der Waals surface area contributed by atoms with Gasteiger partial charge in [-0.05, 0) is 0 Å². The second-order valence-corrected chi connectivity index (χ2v) is 16.2. The SMILES string of the molecule is Fc1c(F)c(F)c(N(c2c(F)c(F)c(N(c3c(F)c(F)c(N(c4c(F)c(F)c(F)c(F)c4F)c4c(F)c(F)c(C(F)(F)F)c(F)c4F)c(F)c3F)c3c(F)c(F)c(C(F)(F)F)c(F)c3F)c(F)c2F)c2c(F)c(F)c(C(F)(F)F)c(F)c2F)c(F)c1F. The zero-order valence-corrected chi connectivity index (χ0v) is 38.6. The molecule has 7 rings (SSSR count). The zero-order valence-electron chi connectivity index (χ0n) is 38.6. The number of alkyl halides is 9. The third-order valence-corrected chi connectivity index (χ3v) is 11.4. The summed E-state index contributed by atoms with van der Waals surface area (Å²) < 4.78 is 590. The van der Waals surface area contributed by atoms with Crippen LogP contribution in [0.4, 0.5) is 222 Å².